The van der Waals surface area contributed by atoms with E-state index < -0.39 is 33.7 Å². The van der Waals surface area contributed by atoms with E-state index >= 15 is 0 Å². The van der Waals surface area contributed by atoms with Crippen molar-refractivity contribution in [3.05, 3.63) is 30.3 Å². The number of hydrogen-bond donors (Lipinski definition) is 1. The number of benzene rings is 1. The molecule has 0 aliphatic heterocycles. The molecule has 0 bridgehead atoms. The standard InChI is InChI=1S/C24H38O8S.Na/c1-2-3-4-5-6-7-8-9-10-14-17-32-24(26)22(33(27,28)29)20-23(25)31-19-18-30-21-15-12-11-13-16-21;/h11-13,15-16,22H,2-10,14,17-20H2,1H3,(H,27,28,29);. The largest absolute Gasteiger partial charge is 0.490 e. The summed E-state index contributed by atoms with van der Waals surface area (Å²) in [5.41, 5.74) is 0. The molecule has 10 heteroatoms. The Bertz CT molecular complexity index is 770. The molecule has 0 aromatic heterocycles. The molecule has 1 aromatic rings. The van der Waals surface area contributed by atoms with Crippen LogP contribution in [0, 0.1) is 0 Å². The third-order valence-corrected chi connectivity index (χ3v) is 6.15. The predicted octanol–water partition coefficient (Wildman–Crippen LogP) is 4.34. The maximum Gasteiger partial charge on any atom is 0.327 e. The zero-order chi connectivity index (χ0) is 24.4. The number of esters is 2. The van der Waals surface area contributed by atoms with Gasteiger partial charge in [0.15, 0.2) is 5.25 Å². The second-order valence-electron chi connectivity index (χ2n) is 7.94. The molecule has 1 atom stereocenters. The molecule has 0 aliphatic carbocycles. The molecule has 0 amide bonds. The van der Waals surface area contributed by atoms with Gasteiger partial charge >= 0.3 is 11.9 Å². The number of para-hydroxylation sites is 1. The van der Waals surface area contributed by atoms with Gasteiger partial charge in [0.1, 0.15) is 19.0 Å². The van der Waals surface area contributed by atoms with Crippen LogP contribution in [0.25, 0.3) is 0 Å². The van der Waals surface area contributed by atoms with Crippen LogP contribution < -0.4 is 4.74 Å². The van der Waals surface area contributed by atoms with Gasteiger partial charge in [-0.2, -0.15) is 8.42 Å². The maximum absolute atomic E-state index is 12.1. The Balaban J connectivity index is 0.0000109. The van der Waals surface area contributed by atoms with E-state index in [2.05, 4.69) is 6.92 Å². The Morgan fingerprint density at radius 2 is 1.38 bits per heavy atom. The van der Waals surface area contributed by atoms with Crippen molar-refractivity contribution in [3.8, 4) is 5.75 Å². The summed E-state index contributed by atoms with van der Waals surface area (Å²) >= 11 is 0. The van der Waals surface area contributed by atoms with Gasteiger partial charge in [-0.25, -0.2) is 0 Å². The number of hydrogen-bond acceptors (Lipinski definition) is 7. The first-order valence-electron chi connectivity index (χ1n) is 11.8. The van der Waals surface area contributed by atoms with Gasteiger partial charge in [-0.15, -0.1) is 0 Å². The van der Waals surface area contributed by atoms with Crippen LogP contribution in [0.1, 0.15) is 77.6 Å². The Hall–Kier alpha value is -1.13. The summed E-state index contributed by atoms with van der Waals surface area (Å²) in [6, 6.07) is 8.89. The third kappa shape index (κ3) is 16.5. The summed E-state index contributed by atoms with van der Waals surface area (Å²) < 4.78 is 47.7. The molecular formula is C24H38NaO8S. The van der Waals surface area contributed by atoms with E-state index in [1.165, 1.54) is 38.5 Å². The average Bonchev–Trinajstić information content (AvgIpc) is 2.78. The van der Waals surface area contributed by atoms with Gasteiger partial charge in [-0.05, 0) is 18.6 Å². The molecule has 1 aromatic carbocycles. The molecule has 0 saturated carbocycles. The number of carbonyl (C=O) groups excluding carboxylic acids is 2. The zero-order valence-electron chi connectivity index (χ0n) is 20.6. The minimum Gasteiger partial charge on any atom is -0.490 e. The normalized spacial score (nSPS) is 11.8. The van der Waals surface area contributed by atoms with Crippen molar-refractivity contribution in [2.75, 3.05) is 19.8 Å². The molecule has 1 rings (SSSR count). The van der Waals surface area contributed by atoms with Crippen molar-refractivity contribution in [2.24, 2.45) is 0 Å². The fourth-order valence-electron chi connectivity index (χ4n) is 3.21. The second-order valence-corrected chi connectivity index (χ2v) is 9.54. The first-order valence-corrected chi connectivity index (χ1v) is 13.3. The van der Waals surface area contributed by atoms with Crippen molar-refractivity contribution in [3.63, 3.8) is 0 Å². The Morgan fingerprint density at radius 1 is 0.824 bits per heavy atom. The van der Waals surface area contributed by atoms with Crippen molar-refractivity contribution < 1.29 is 36.8 Å². The first-order chi connectivity index (χ1) is 15.8. The molecule has 0 heterocycles. The maximum atomic E-state index is 12.1. The zero-order valence-corrected chi connectivity index (χ0v) is 23.4. The van der Waals surface area contributed by atoms with E-state index in [1.807, 2.05) is 6.07 Å². The van der Waals surface area contributed by atoms with E-state index in [9.17, 15) is 22.6 Å². The monoisotopic (exact) mass is 509 g/mol. The summed E-state index contributed by atoms with van der Waals surface area (Å²) in [5.74, 6) is -1.49. The van der Waals surface area contributed by atoms with Gasteiger partial charge in [0.25, 0.3) is 10.1 Å². The Kier molecular flexibility index (Phi) is 19.4. The SMILES string of the molecule is CCCCCCCCCCCCOC(=O)C(CC(=O)OCCOc1ccccc1)S(=O)(=O)O.[Na]. The molecule has 189 valence electrons. The molecule has 0 spiro atoms. The van der Waals surface area contributed by atoms with Gasteiger partial charge < -0.3 is 14.2 Å². The van der Waals surface area contributed by atoms with Crippen LogP contribution in [0.4, 0.5) is 0 Å². The number of carbonyl (C=O) groups is 2. The van der Waals surface area contributed by atoms with Crippen LogP contribution in [0.2, 0.25) is 0 Å². The summed E-state index contributed by atoms with van der Waals surface area (Å²) in [7, 11) is -4.80. The van der Waals surface area contributed by atoms with Crippen LogP contribution in [-0.2, 0) is 29.2 Å². The molecule has 0 fully saturated rings. The van der Waals surface area contributed by atoms with Crippen molar-refractivity contribution in [1.82, 2.24) is 0 Å². The average molecular weight is 510 g/mol. The van der Waals surface area contributed by atoms with Gasteiger partial charge in [0, 0.05) is 29.6 Å². The van der Waals surface area contributed by atoms with Crippen molar-refractivity contribution >= 4 is 51.6 Å². The van der Waals surface area contributed by atoms with E-state index in [1.54, 1.807) is 24.3 Å². The molecule has 1 N–H and O–H groups in total. The van der Waals surface area contributed by atoms with E-state index in [-0.39, 0.29) is 49.4 Å². The van der Waals surface area contributed by atoms with Crippen LogP contribution >= 0.6 is 0 Å². The molecule has 34 heavy (non-hydrogen) atoms. The van der Waals surface area contributed by atoms with Gasteiger partial charge in [-0.1, -0.05) is 82.9 Å². The predicted molar refractivity (Wildman–Crippen MR) is 131 cm³/mol. The summed E-state index contributed by atoms with van der Waals surface area (Å²) in [6.07, 6.45) is 10.3. The fraction of sp³-hybridized carbons (Fsp3) is 0.667. The van der Waals surface area contributed by atoms with Gasteiger partial charge in [0.05, 0.1) is 13.0 Å². The summed E-state index contributed by atoms with van der Waals surface area (Å²) in [4.78, 5) is 24.0. The van der Waals surface area contributed by atoms with Crippen LogP contribution in [0.15, 0.2) is 30.3 Å². The molecule has 0 aliphatic rings. The molecule has 0 saturated heterocycles. The Labute approximate surface area is 226 Å². The first kappa shape index (κ1) is 32.9. The van der Waals surface area contributed by atoms with E-state index in [0.29, 0.717) is 12.2 Å². The fourth-order valence-corrected chi connectivity index (χ4v) is 3.87. The van der Waals surface area contributed by atoms with Crippen LogP contribution in [0.3, 0.4) is 0 Å². The molecule has 1 unspecified atom stereocenters. The van der Waals surface area contributed by atoms with Gasteiger partial charge in [0.2, 0.25) is 0 Å². The number of unbranched alkanes of at least 4 members (excludes halogenated alkanes) is 9. The van der Waals surface area contributed by atoms with Gasteiger partial charge in [-0.3, -0.25) is 14.1 Å². The van der Waals surface area contributed by atoms with Crippen LogP contribution in [0.5, 0.6) is 5.75 Å². The topological polar surface area (TPSA) is 116 Å². The number of ether oxygens (including phenoxy) is 3. The number of rotatable bonds is 19. The van der Waals surface area contributed by atoms with Crippen molar-refractivity contribution in [2.45, 2.75) is 82.8 Å². The smallest absolute Gasteiger partial charge is 0.327 e. The molecular weight excluding hydrogens is 471 g/mol. The van der Waals surface area contributed by atoms with E-state index in [4.69, 9.17) is 14.2 Å². The third-order valence-electron chi connectivity index (χ3n) is 5.08. The molecule has 8 nitrogen and oxygen atoms in total. The summed E-state index contributed by atoms with van der Waals surface area (Å²) in [5, 5.41) is -2.00. The minimum atomic E-state index is -4.80. The summed E-state index contributed by atoms with van der Waals surface area (Å²) in [6.45, 7) is 2.18. The van der Waals surface area contributed by atoms with Crippen molar-refractivity contribution in [1.29, 1.82) is 0 Å². The molecule has 1 radical (unpaired) electrons. The quantitative estimate of drug-likeness (QED) is 0.127. The van der Waals surface area contributed by atoms with Crippen LogP contribution in [-0.4, -0.2) is 79.5 Å². The van der Waals surface area contributed by atoms with E-state index in [0.717, 1.165) is 19.3 Å². The second kappa shape index (κ2) is 20.1. The minimum absolute atomic E-state index is 0. The Morgan fingerprint density at radius 3 is 1.94 bits per heavy atom.